The van der Waals surface area contributed by atoms with Crippen molar-refractivity contribution in [2.75, 3.05) is 12.4 Å². The minimum absolute atomic E-state index is 0.156. The van der Waals surface area contributed by atoms with Crippen LogP contribution in [0.4, 0.5) is 11.4 Å². The number of halogens is 2. The van der Waals surface area contributed by atoms with E-state index < -0.39 is 5.97 Å². The van der Waals surface area contributed by atoms with Crippen LogP contribution in [-0.2, 0) is 12.8 Å². The highest BCUT2D eigenvalue weighted by molar-refractivity contribution is 6.42. The van der Waals surface area contributed by atoms with E-state index in [0.29, 0.717) is 21.5 Å². The van der Waals surface area contributed by atoms with Crippen molar-refractivity contribution in [1.82, 2.24) is 0 Å². The molecule has 0 atom stereocenters. The SMILES string of the molecule is COc1ccc(Nc2ccc(CCc3ccc(Cl)c(Cl)c3)cc2)c(C(=O)O)c1. The Morgan fingerprint density at radius 1 is 0.929 bits per heavy atom. The van der Waals surface area contributed by atoms with E-state index in [9.17, 15) is 9.90 Å². The fourth-order valence-electron chi connectivity index (χ4n) is 2.83. The van der Waals surface area contributed by atoms with E-state index in [1.54, 1.807) is 18.2 Å². The minimum atomic E-state index is -1.01. The third-order valence-electron chi connectivity index (χ3n) is 4.38. The molecular formula is C22H19Cl2NO3. The van der Waals surface area contributed by atoms with Gasteiger partial charge < -0.3 is 15.2 Å². The van der Waals surface area contributed by atoms with Gasteiger partial charge in [-0.1, -0.05) is 41.4 Å². The zero-order valence-corrected chi connectivity index (χ0v) is 16.7. The first-order valence-corrected chi connectivity index (χ1v) is 9.43. The van der Waals surface area contributed by atoms with E-state index in [-0.39, 0.29) is 5.56 Å². The largest absolute Gasteiger partial charge is 0.497 e. The number of methoxy groups -OCH3 is 1. The zero-order valence-electron chi connectivity index (χ0n) is 15.2. The van der Waals surface area contributed by atoms with Crippen molar-refractivity contribution in [3.05, 3.63) is 87.4 Å². The van der Waals surface area contributed by atoms with Gasteiger partial charge in [0.15, 0.2) is 0 Å². The molecule has 0 aliphatic rings. The lowest BCUT2D eigenvalue weighted by Gasteiger charge is -2.12. The maximum atomic E-state index is 11.5. The highest BCUT2D eigenvalue weighted by Crippen LogP contribution is 2.26. The maximum Gasteiger partial charge on any atom is 0.337 e. The Balaban J connectivity index is 1.67. The second kappa shape index (κ2) is 9.00. The summed E-state index contributed by atoms with van der Waals surface area (Å²) in [7, 11) is 1.50. The highest BCUT2D eigenvalue weighted by Gasteiger charge is 2.12. The van der Waals surface area contributed by atoms with E-state index >= 15 is 0 Å². The average Bonchev–Trinajstić information content (AvgIpc) is 2.70. The van der Waals surface area contributed by atoms with Crippen LogP contribution in [0, 0.1) is 0 Å². The normalized spacial score (nSPS) is 10.5. The smallest absolute Gasteiger partial charge is 0.337 e. The summed E-state index contributed by atoms with van der Waals surface area (Å²) in [5.74, 6) is -0.514. The second-order valence-corrected chi connectivity index (χ2v) is 7.10. The number of carboxylic acids is 1. The molecule has 0 saturated heterocycles. The number of ether oxygens (including phenoxy) is 1. The Morgan fingerprint density at radius 2 is 1.61 bits per heavy atom. The second-order valence-electron chi connectivity index (χ2n) is 6.29. The monoisotopic (exact) mass is 415 g/mol. The third kappa shape index (κ3) is 4.97. The van der Waals surface area contributed by atoms with E-state index in [1.165, 1.54) is 18.7 Å². The standard InChI is InChI=1S/C22H19Cl2NO3/c1-28-17-9-11-21(18(13-17)22(26)27)25-16-7-4-14(5-8-16)2-3-15-6-10-19(23)20(24)12-15/h4-13,25H,2-3H2,1H3,(H,26,27). The van der Waals surface area contributed by atoms with Crippen LogP contribution in [0.15, 0.2) is 60.7 Å². The van der Waals surface area contributed by atoms with Gasteiger partial charge in [0, 0.05) is 5.69 Å². The minimum Gasteiger partial charge on any atom is -0.497 e. The number of hydrogen-bond donors (Lipinski definition) is 2. The summed E-state index contributed by atoms with van der Waals surface area (Å²) in [6.45, 7) is 0. The van der Waals surface area contributed by atoms with Gasteiger partial charge in [0.2, 0.25) is 0 Å². The fourth-order valence-corrected chi connectivity index (χ4v) is 3.15. The molecule has 3 aromatic rings. The average molecular weight is 416 g/mol. The van der Waals surface area contributed by atoms with E-state index in [1.807, 2.05) is 36.4 Å². The number of rotatable bonds is 7. The van der Waals surface area contributed by atoms with Gasteiger partial charge in [0.1, 0.15) is 5.75 Å². The molecule has 0 unspecified atom stereocenters. The first kappa shape index (κ1) is 20.1. The molecule has 3 aromatic carbocycles. The Bertz CT molecular complexity index is 988. The Morgan fingerprint density at radius 3 is 2.25 bits per heavy atom. The molecular weight excluding hydrogens is 397 g/mol. The van der Waals surface area contributed by atoms with Crippen LogP contribution in [0.25, 0.3) is 0 Å². The summed E-state index contributed by atoms with van der Waals surface area (Å²) >= 11 is 12.0. The van der Waals surface area contributed by atoms with Gasteiger partial charge in [-0.2, -0.15) is 0 Å². The highest BCUT2D eigenvalue weighted by atomic mass is 35.5. The molecule has 4 nitrogen and oxygen atoms in total. The van der Waals surface area contributed by atoms with Crippen LogP contribution in [0.3, 0.4) is 0 Å². The Kier molecular flexibility index (Phi) is 6.45. The van der Waals surface area contributed by atoms with Gasteiger partial charge in [-0.3, -0.25) is 0 Å². The molecule has 3 rings (SSSR count). The molecule has 0 heterocycles. The first-order chi connectivity index (χ1) is 13.5. The number of anilines is 2. The molecule has 0 amide bonds. The number of aromatic carboxylic acids is 1. The van der Waals surface area contributed by atoms with Gasteiger partial charge >= 0.3 is 5.97 Å². The number of nitrogens with one attached hydrogen (secondary N) is 1. The lowest BCUT2D eigenvalue weighted by molar-refractivity contribution is 0.0697. The van der Waals surface area contributed by atoms with Crippen LogP contribution in [0.1, 0.15) is 21.5 Å². The van der Waals surface area contributed by atoms with Crippen molar-refractivity contribution in [3.63, 3.8) is 0 Å². The van der Waals surface area contributed by atoms with Crippen LogP contribution in [0.2, 0.25) is 10.0 Å². The van der Waals surface area contributed by atoms with E-state index in [0.717, 1.165) is 24.1 Å². The summed E-state index contributed by atoms with van der Waals surface area (Å²) < 4.78 is 5.10. The van der Waals surface area contributed by atoms with Crippen molar-refractivity contribution in [2.45, 2.75) is 12.8 Å². The Labute approximate surface area is 173 Å². The molecule has 0 saturated carbocycles. The topological polar surface area (TPSA) is 58.6 Å². The molecule has 2 N–H and O–H groups in total. The molecule has 0 aliphatic heterocycles. The predicted molar refractivity (Wildman–Crippen MR) is 114 cm³/mol. The number of carboxylic acid groups (broad SMARTS) is 1. The first-order valence-electron chi connectivity index (χ1n) is 8.67. The van der Waals surface area contributed by atoms with Crippen molar-refractivity contribution in [2.24, 2.45) is 0 Å². The number of aryl methyl sites for hydroxylation is 2. The molecule has 0 spiro atoms. The predicted octanol–water partition coefficient (Wildman–Crippen LogP) is 6.23. The number of carbonyl (C=O) groups is 1. The van der Waals surface area contributed by atoms with Crippen molar-refractivity contribution in [3.8, 4) is 5.75 Å². The summed E-state index contributed by atoms with van der Waals surface area (Å²) in [6, 6.07) is 18.5. The van der Waals surface area contributed by atoms with Crippen LogP contribution in [-0.4, -0.2) is 18.2 Å². The number of hydrogen-bond acceptors (Lipinski definition) is 3. The Hall–Kier alpha value is -2.69. The number of benzene rings is 3. The quantitative estimate of drug-likeness (QED) is 0.480. The van der Waals surface area contributed by atoms with Crippen LogP contribution < -0.4 is 10.1 Å². The van der Waals surface area contributed by atoms with Crippen LogP contribution in [0.5, 0.6) is 5.75 Å². The summed E-state index contributed by atoms with van der Waals surface area (Å²) in [4.78, 5) is 11.5. The summed E-state index contributed by atoms with van der Waals surface area (Å²) in [6.07, 6.45) is 1.71. The van der Waals surface area contributed by atoms with Gasteiger partial charge in [-0.25, -0.2) is 4.79 Å². The molecule has 0 aliphatic carbocycles. The van der Waals surface area contributed by atoms with E-state index in [4.69, 9.17) is 27.9 Å². The summed E-state index contributed by atoms with van der Waals surface area (Å²) in [5, 5.41) is 13.7. The van der Waals surface area contributed by atoms with Gasteiger partial charge in [-0.05, 0) is 66.4 Å². The molecule has 0 bridgehead atoms. The van der Waals surface area contributed by atoms with Gasteiger partial charge in [0.05, 0.1) is 28.4 Å². The zero-order chi connectivity index (χ0) is 20.1. The van der Waals surface area contributed by atoms with Crippen molar-refractivity contribution >= 4 is 40.5 Å². The van der Waals surface area contributed by atoms with Gasteiger partial charge in [0.25, 0.3) is 0 Å². The van der Waals surface area contributed by atoms with Gasteiger partial charge in [-0.15, -0.1) is 0 Å². The fraction of sp³-hybridized carbons (Fsp3) is 0.136. The lowest BCUT2D eigenvalue weighted by Crippen LogP contribution is -2.03. The van der Waals surface area contributed by atoms with Crippen molar-refractivity contribution < 1.29 is 14.6 Å². The molecule has 0 radical (unpaired) electrons. The third-order valence-corrected chi connectivity index (χ3v) is 5.12. The molecule has 6 heteroatoms. The molecule has 0 aromatic heterocycles. The molecule has 28 heavy (non-hydrogen) atoms. The van der Waals surface area contributed by atoms with Crippen LogP contribution >= 0.6 is 23.2 Å². The summed E-state index contributed by atoms with van der Waals surface area (Å²) in [5.41, 5.74) is 3.77. The molecule has 144 valence electrons. The van der Waals surface area contributed by atoms with Crippen molar-refractivity contribution in [1.29, 1.82) is 0 Å². The molecule has 0 fully saturated rings. The van der Waals surface area contributed by atoms with E-state index in [2.05, 4.69) is 5.32 Å². The lowest BCUT2D eigenvalue weighted by atomic mass is 10.0. The maximum absolute atomic E-state index is 11.5.